The number of halogens is 1. The molecule has 1 unspecified atom stereocenters. The van der Waals surface area contributed by atoms with Crippen molar-refractivity contribution in [2.45, 2.75) is 31.7 Å². The second kappa shape index (κ2) is 6.72. The number of nitrogens with one attached hydrogen (secondary N) is 1. The van der Waals surface area contributed by atoms with Crippen LogP contribution in [0.5, 0.6) is 0 Å². The second-order valence-electron chi connectivity index (χ2n) is 5.91. The molecule has 1 N–H and O–H groups in total. The summed E-state index contributed by atoms with van der Waals surface area (Å²) in [6, 6.07) is 7.40. The molecule has 1 aliphatic heterocycles. The van der Waals surface area contributed by atoms with Crippen molar-refractivity contribution in [2.75, 3.05) is 13.2 Å². The van der Waals surface area contributed by atoms with E-state index in [0.717, 1.165) is 24.9 Å². The van der Waals surface area contributed by atoms with Crippen molar-refractivity contribution in [3.8, 4) is 5.69 Å². The Hall–Kier alpha value is -1.85. The number of hydrogen-bond donors (Lipinski definition) is 1. The van der Waals surface area contributed by atoms with Gasteiger partial charge in [0.1, 0.15) is 0 Å². The quantitative estimate of drug-likeness (QED) is 0.914. The van der Waals surface area contributed by atoms with Gasteiger partial charge in [0.15, 0.2) is 0 Å². The van der Waals surface area contributed by atoms with Gasteiger partial charge >= 0.3 is 0 Å². The van der Waals surface area contributed by atoms with E-state index in [2.05, 4.69) is 17.3 Å². The van der Waals surface area contributed by atoms with Crippen LogP contribution in [0.15, 0.2) is 36.7 Å². The van der Waals surface area contributed by atoms with Crippen molar-refractivity contribution in [2.24, 2.45) is 0 Å². The molecule has 2 aromatic rings. The predicted octanol–water partition coefficient (Wildman–Crippen LogP) is 3.21. The number of ether oxygens (including phenoxy) is 1. The maximum Gasteiger partial charge on any atom is 0.254 e. The fraction of sp³-hybridized carbons (Fsp3) is 0.412. The molecule has 122 valence electrons. The lowest BCUT2D eigenvalue weighted by molar-refractivity contribution is 0.0870. The van der Waals surface area contributed by atoms with Gasteiger partial charge in [-0.15, -0.1) is 0 Å². The van der Waals surface area contributed by atoms with Crippen molar-refractivity contribution < 1.29 is 9.53 Å². The number of para-hydroxylation sites is 1. The number of amides is 1. The second-order valence-corrected chi connectivity index (χ2v) is 6.32. The third-order valence-corrected chi connectivity index (χ3v) is 4.47. The summed E-state index contributed by atoms with van der Waals surface area (Å²) in [5.41, 5.74) is 1.02. The summed E-state index contributed by atoms with van der Waals surface area (Å²) in [6.07, 6.45) is 6.03. The molecule has 0 radical (unpaired) electrons. The first-order chi connectivity index (χ1) is 11.1. The van der Waals surface area contributed by atoms with Crippen molar-refractivity contribution in [1.82, 2.24) is 15.1 Å². The third-order valence-electron chi connectivity index (χ3n) is 4.15. The summed E-state index contributed by atoms with van der Waals surface area (Å²) < 4.78 is 7.11. The lowest BCUT2D eigenvalue weighted by Crippen LogP contribution is -2.48. The van der Waals surface area contributed by atoms with E-state index in [0.29, 0.717) is 23.8 Å². The molecule has 23 heavy (non-hydrogen) atoms. The van der Waals surface area contributed by atoms with Crippen molar-refractivity contribution >= 4 is 17.5 Å². The van der Waals surface area contributed by atoms with Gasteiger partial charge in [-0.25, -0.2) is 4.68 Å². The highest BCUT2D eigenvalue weighted by atomic mass is 35.5. The molecule has 5 nitrogen and oxygen atoms in total. The molecule has 0 saturated carbocycles. The molecule has 0 aliphatic carbocycles. The van der Waals surface area contributed by atoms with Gasteiger partial charge in [0, 0.05) is 12.8 Å². The number of carbonyl (C=O) groups excluding carboxylic acids is 1. The number of rotatable bonds is 5. The Morgan fingerprint density at radius 2 is 2.30 bits per heavy atom. The van der Waals surface area contributed by atoms with Gasteiger partial charge in [0.2, 0.25) is 0 Å². The highest BCUT2D eigenvalue weighted by Crippen LogP contribution is 2.25. The number of aromatic nitrogens is 2. The molecular weight excluding hydrogens is 314 g/mol. The maximum atomic E-state index is 12.6. The molecule has 1 aliphatic rings. The molecular formula is C17H20ClN3O2. The highest BCUT2D eigenvalue weighted by molar-refractivity contribution is 6.32. The van der Waals surface area contributed by atoms with Crippen LogP contribution in [0.3, 0.4) is 0 Å². The molecule has 6 heteroatoms. The van der Waals surface area contributed by atoms with Gasteiger partial charge in [0.05, 0.1) is 34.6 Å². The minimum absolute atomic E-state index is 0.123. The van der Waals surface area contributed by atoms with Crippen LogP contribution < -0.4 is 5.32 Å². The zero-order valence-electron chi connectivity index (χ0n) is 13.1. The van der Waals surface area contributed by atoms with Gasteiger partial charge < -0.3 is 10.1 Å². The van der Waals surface area contributed by atoms with E-state index in [4.69, 9.17) is 16.3 Å². The Morgan fingerprint density at radius 1 is 1.48 bits per heavy atom. The molecule has 1 saturated heterocycles. The molecule has 1 amide bonds. The van der Waals surface area contributed by atoms with Gasteiger partial charge in [0.25, 0.3) is 5.91 Å². The third kappa shape index (κ3) is 3.41. The lowest BCUT2D eigenvalue weighted by Gasteiger charge is -2.28. The van der Waals surface area contributed by atoms with E-state index in [-0.39, 0.29) is 11.4 Å². The van der Waals surface area contributed by atoms with Crippen LogP contribution in [0.2, 0.25) is 5.02 Å². The fourth-order valence-corrected chi connectivity index (χ4v) is 3.19. The van der Waals surface area contributed by atoms with Crippen LogP contribution >= 0.6 is 11.6 Å². The van der Waals surface area contributed by atoms with E-state index in [1.54, 1.807) is 23.1 Å². The molecule has 1 fully saturated rings. The van der Waals surface area contributed by atoms with Gasteiger partial charge in [-0.05, 0) is 25.0 Å². The molecule has 1 atom stereocenters. The average molecular weight is 334 g/mol. The largest absolute Gasteiger partial charge is 0.379 e. The first-order valence-electron chi connectivity index (χ1n) is 7.83. The Morgan fingerprint density at radius 3 is 3.00 bits per heavy atom. The van der Waals surface area contributed by atoms with E-state index >= 15 is 0 Å². The van der Waals surface area contributed by atoms with Gasteiger partial charge in [-0.3, -0.25) is 4.79 Å². The van der Waals surface area contributed by atoms with Crippen LogP contribution in [0, 0.1) is 0 Å². The highest BCUT2D eigenvalue weighted by Gasteiger charge is 2.35. The van der Waals surface area contributed by atoms with Crippen molar-refractivity contribution in [3.63, 3.8) is 0 Å². The van der Waals surface area contributed by atoms with Crippen LogP contribution in [-0.4, -0.2) is 34.4 Å². The summed E-state index contributed by atoms with van der Waals surface area (Å²) in [7, 11) is 0. The van der Waals surface area contributed by atoms with Crippen LogP contribution in [-0.2, 0) is 4.74 Å². The normalized spacial score (nSPS) is 20.6. The smallest absolute Gasteiger partial charge is 0.254 e. The van der Waals surface area contributed by atoms with Crippen LogP contribution in [0.25, 0.3) is 5.69 Å². The summed E-state index contributed by atoms with van der Waals surface area (Å²) in [5.74, 6) is -0.123. The topological polar surface area (TPSA) is 56.2 Å². The number of benzene rings is 1. The summed E-state index contributed by atoms with van der Waals surface area (Å²) in [4.78, 5) is 12.6. The van der Waals surface area contributed by atoms with Crippen LogP contribution in [0.1, 0.15) is 36.5 Å². The lowest BCUT2D eigenvalue weighted by atomic mass is 9.92. The minimum atomic E-state index is -0.252. The average Bonchev–Trinajstić information content (AvgIpc) is 3.18. The molecule has 2 heterocycles. The fourth-order valence-electron chi connectivity index (χ4n) is 2.97. The zero-order chi connectivity index (χ0) is 16.3. The first-order valence-corrected chi connectivity index (χ1v) is 8.21. The molecule has 3 rings (SSSR count). The molecule has 1 aromatic heterocycles. The minimum Gasteiger partial charge on any atom is -0.379 e. The Kier molecular flexibility index (Phi) is 4.68. The first kappa shape index (κ1) is 16.0. The zero-order valence-corrected chi connectivity index (χ0v) is 13.8. The molecule has 1 aromatic carbocycles. The summed E-state index contributed by atoms with van der Waals surface area (Å²) >= 11 is 6.17. The van der Waals surface area contributed by atoms with E-state index < -0.39 is 0 Å². The SMILES string of the molecule is CCCC1(NC(=O)c2cnn(-c3ccccc3Cl)c2)CCOC1. The summed E-state index contributed by atoms with van der Waals surface area (Å²) in [6.45, 7) is 3.38. The van der Waals surface area contributed by atoms with E-state index in [9.17, 15) is 4.79 Å². The molecule has 0 bridgehead atoms. The van der Waals surface area contributed by atoms with Gasteiger partial charge in [-0.1, -0.05) is 37.1 Å². The number of nitrogens with zero attached hydrogens (tertiary/aromatic N) is 2. The standard InChI is InChI=1S/C17H20ClN3O2/c1-2-7-17(8-9-23-12-17)20-16(22)13-10-19-21(11-13)15-6-4-3-5-14(15)18/h3-6,10-11H,2,7-9,12H2,1H3,(H,20,22). The molecule has 0 spiro atoms. The van der Waals surface area contributed by atoms with Crippen molar-refractivity contribution in [3.05, 3.63) is 47.2 Å². The monoisotopic (exact) mass is 333 g/mol. The van der Waals surface area contributed by atoms with E-state index in [1.807, 2.05) is 18.2 Å². The predicted molar refractivity (Wildman–Crippen MR) is 89.1 cm³/mol. The Balaban J connectivity index is 1.77. The Bertz CT molecular complexity index is 693. The van der Waals surface area contributed by atoms with Crippen LogP contribution in [0.4, 0.5) is 0 Å². The van der Waals surface area contributed by atoms with E-state index in [1.165, 1.54) is 0 Å². The van der Waals surface area contributed by atoms with Crippen molar-refractivity contribution in [1.29, 1.82) is 0 Å². The summed E-state index contributed by atoms with van der Waals surface area (Å²) in [5, 5.41) is 7.98. The Labute approximate surface area is 140 Å². The number of carbonyl (C=O) groups is 1. The van der Waals surface area contributed by atoms with Gasteiger partial charge in [-0.2, -0.15) is 5.10 Å². The number of hydrogen-bond acceptors (Lipinski definition) is 3. The maximum absolute atomic E-state index is 12.6.